The Balaban J connectivity index is 1.98. The number of benzene rings is 1. The molecule has 8 heteroatoms. The number of aromatic nitrogens is 1. The molecule has 1 aromatic carbocycles. The number of likely N-dealkylation sites (N-methyl/N-ethyl adjacent to an activating group) is 1. The molecule has 0 aliphatic carbocycles. The third-order valence-electron chi connectivity index (χ3n) is 3.88. The molecule has 1 saturated heterocycles. The topological polar surface area (TPSA) is 73.3 Å². The molecule has 1 aliphatic heterocycles. The fourth-order valence-electron chi connectivity index (χ4n) is 2.55. The fraction of sp³-hybridized carbons (Fsp3) is 0.211. The van der Waals surface area contributed by atoms with Gasteiger partial charge in [-0.05, 0) is 42.1 Å². The molecule has 0 spiro atoms. The molecule has 2 aromatic rings. The summed E-state index contributed by atoms with van der Waals surface area (Å²) in [5.41, 5.74) is 0.707. The number of aliphatic imine (C=N–C) groups is 1. The van der Waals surface area contributed by atoms with E-state index in [4.69, 9.17) is 14.2 Å². The van der Waals surface area contributed by atoms with Crippen LogP contribution in [-0.4, -0.2) is 49.3 Å². The monoisotopic (exact) mass is 385 g/mol. The van der Waals surface area contributed by atoms with E-state index in [0.29, 0.717) is 38.7 Å². The van der Waals surface area contributed by atoms with E-state index < -0.39 is 0 Å². The first kappa shape index (κ1) is 18.8. The maximum atomic E-state index is 12.6. The van der Waals surface area contributed by atoms with E-state index in [9.17, 15) is 4.79 Å². The normalized spacial score (nSPS) is 16.9. The van der Waals surface area contributed by atoms with Crippen LogP contribution in [0.2, 0.25) is 0 Å². The molecule has 0 saturated carbocycles. The van der Waals surface area contributed by atoms with Gasteiger partial charge in [0.25, 0.3) is 5.91 Å². The van der Waals surface area contributed by atoms with Crippen LogP contribution in [0.4, 0.5) is 5.82 Å². The van der Waals surface area contributed by atoms with Crippen LogP contribution in [0.15, 0.2) is 46.4 Å². The zero-order valence-electron chi connectivity index (χ0n) is 15.4. The average molecular weight is 385 g/mol. The summed E-state index contributed by atoms with van der Waals surface area (Å²) in [6.07, 6.45) is 3.41. The Labute approximate surface area is 161 Å². The first-order chi connectivity index (χ1) is 13.1. The number of ether oxygens (including phenoxy) is 3. The van der Waals surface area contributed by atoms with E-state index in [-0.39, 0.29) is 5.91 Å². The van der Waals surface area contributed by atoms with Crippen LogP contribution in [0, 0.1) is 0 Å². The largest absolute Gasteiger partial charge is 0.493 e. The summed E-state index contributed by atoms with van der Waals surface area (Å²) < 4.78 is 16.2. The smallest absolute Gasteiger partial charge is 0.266 e. The van der Waals surface area contributed by atoms with Gasteiger partial charge >= 0.3 is 0 Å². The van der Waals surface area contributed by atoms with Crippen LogP contribution in [0.1, 0.15) is 5.56 Å². The molecule has 2 heterocycles. The average Bonchev–Trinajstić information content (AvgIpc) is 2.96. The van der Waals surface area contributed by atoms with Crippen LogP contribution >= 0.6 is 11.8 Å². The number of hydrogen-bond donors (Lipinski definition) is 0. The summed E-state index contributed by atoms with van der Waals surface area (Å²) in [5, 5.41) is 0.560. The Morgan fingerprint density at radius 2 is 1.85 bits per heavy atom. The van der Waals surface area contributed by atoms with Gasteiger partial charge in [-0.2, -0.15) is 0 Å². The van der Waals surface area contributed by atoms with E-state index in [1.807, 2.05) is 18.2 Å². The molecule has 1 amide bonds. The maximum absolute atomic E-state index is 12.6. The quantitative estimate of drug-likeness (QED) is 0.735. The molecular weight excluding hydrogens is 366 g/mol. The van der Waals surface area contributed by atoms with Crippen molar-refractivity contribution >= 4 is 34.7 Å². The number of pyridine rings is 1. The highest BCUT2D eigenvalue weighted by atomic mass is 32.2. The number of methoxy groups -OCH3 is 3. The number of carbonyl (C=O) groups excluding carboxylic acids is 1. The summed E-state index contributed by atoms with van der Waals surface area (Å²) in [5.74, 6) is 1.92. The Kier molecular flexibility index (Phi) is 5.66. The van der Waals surface area contributed by atoms with Crippen molar-refractivity contribution in [2.24, 2.45) is 4.99 Å². The first-order valence-electron chi connectivity index (χ1n) is 8.05. The van der Waals surface area contributed by atoms with Crippen molar-refractivity contribution in [2.75, 3.05) is 28.4 Å². The van der Waals surface area contributed by atoms with E-state index in [2.05, 4.69) is 9.98 Å². The van der Waals surface area contributed by atoms with Gasteiger partial charge in [-0.15, -0.1) is 0 Å². The summed E-state index contributed by atoms with van der Waals surface area (Å²) in [6.45, 7) is 0. The second-order valence-corrected chi connectivity index (χ2v) is 6.49. The van der Waals surface area contributed by atoms with E-state index in [0.717, 1.165) is 0 Å². The number of thioether (sulfide) groups is 1. The molecule has 0 atom stereocenters. The van der Waals surface area contributed by atoms with Gasteiger partial charge in [0.2, 0.25) is 5.75 Å². The van der Waals surface area contributed by atoms with Gasteiger partial charge in [-0.25, -0.2) is 9.98 Å². The SMILES string of the molecule is COc1ccc(/C=C2\S/C(=N/c3ccccn3)N(C)C2=O)c(OC)c1OC. The lowest BCUT2D eigenvalue weighted by atomic mass is 10.1. The zero-order chi connectivity index (χ0) is 19.4. The summed E-state index contributed by atoms with van der Waals surface area (Å²) in [6, 6.07) is 9.03. The Morgan fingerprint density at radius 3 is 2.48 bits per heavy atom. The molecule has 3 rings (SSSR count). The minimum Gasteiger partial charge on any atom is -0.493 e. The highest BCUT2D eigenvalue weighted by molar-refractivity contribution is 8.18. The fourth-order valence-corrected chi connectivity index (χ4v) is 3.51. The molecule has 0 radical (unpaired) electrons. The Bertz CT molecular complexity index is 913. The number of carbonyl (C=O) groups is 1. The molecular formula is C19H19N3O4S. The van der Waals surface area contributed by atoms with Crippen molar-refractivity contribution in [3.8, 4) is 17.2 Å². The second-order valence-electron chi connectivity index (χ2n) is 5.48. The van der Waals surface area contributed by atoms with Crippen LogP contribution in [0.5, 0.6) is 17.2 Å². The minimum absolute atomic E-state index is 0.147. The lowest BCUT2D eigenvalue weighted by Gasteiger charge is -2.14. The van der Waals surface area contributed by atoms with E-state index in [1.165, 1.54) is 23.8 Å². The van der Waals surface area contributed by atoms with Gasteiger partial charge in [0.1, 0.15) is 0 Å². The van der Waals surface area contributed by atoms with Gasteiger partial charge in [0, 0.05) is 18.8 Å². The standard InChI is InChI=1S/C19H19N3O4S/c1-22-18(23)14(27-19(22)21-15-7-5-6-10-20-15)11-12-8-9-13(24-2)17(26-4)16(12)25-3/h5-11H,1-4H3/b14-11-,21-19+. The minimum atomic E-state index is -0.147. The van der Waals surface area contributed by atoms with Crippen molar-refractivity contribution in [1.82, 2.24) is 9.88 Å². The van der Waals surface area contributed by atoms with Crippen molar-refractivity contribution in [3.63, 3.8) is 0 Å². The number of nitrogens with zero attached hydrogens (tertiary/aromatic N) is 3. The zero-order valence-corrected chi connectivity index (χ0v) is 16.2. The van der Waals surface area contributed by atoms with Crippen molar-refractivity contribution in [2.45, 2.75) is 0 Å². The summed E-state index contributed by atoms with van der Waals surface area (Å²) in [4.78, 5) is 23.3. The molecule has 1 aliphatic rings. The van der Waals surface area contributed by atoms with E-state index >= 15 is 0 Å². The molecule has 7 nitrogen and oxygen atoms in total. The molecule has 1 aromatic heterocycles. The Morgan fingerprint density at radius 1 is 1.07 bits per heavy atom. The van der Waals surface area contributed by atoms with Gasteiger partial charge < -0.3 is 14.2 Å². The lowest BCUT2D eigenvalue weighted by Crippen LogP contribution is -2.23. The van der Waals surface area contributed by atoms with Crippen LogP contribution < -0.4 is 14.2 Å². The lowest BCUT2D eigenvalue weighted by molar-refractivity contribution is -0.121. The predicted octanol–water partition coefficient (Wildman–Crippen LogP) is 3.34. The molecule has 0 unspecified atom stereocenters. The van der Waals surface area contributed by atoms with Crippen LogP contribution in [0.25, 0.3) is 6.08 Å². The van der Waals surface area contributed by atoms with Crippen LogP contribution in [-0.2, 0) is 4.79 Å². The van der Waals surface area contributed by atoms with Gasteiger partial charge in [0.05, 0.1) is 26.2 Å². The highest BCUT2D eigenvalue weighted by Crippen LogP contribution is 2.42. The molecule has 0 N–H and O–H groups in total. The highest BCUT2D eigenvalue weighted by Gasteiger charge is 2.31. The Hall–Kier alpha value is -3.00. The molecule has 0 bridgehead atoms. The van der Waals surface area contributed by atoms with Crippen molar-refractivity contribution < 1.29 is 19.0 Å². The third-order valence-corrected chi connectivity index (χ3v) is 4.94. The van der Waals surface area contributed by atoms with Crippen LogP contribution in [0.3, 0.4) is 0 Å². The second kappa shape index (κ2) is 8.13. The summed E-state index contributed by atoms with van der Waals surface area (Å²) in [7, 11) is 6.33. The number of amides is 1. The van der Waals surface area contributed by atoms with Gasteiger partial charge in [-0.1, -0.05) is 6.07 Å². The van der Waals surface area contributed by atoms with Crippen molar-refractivity contribution in [3.05, 3.63) is 47.0 Å². The van der Waals surface area contributed by atoms with E-state index in [1.54, 1.807) is 45.7 Å². The predicted molar refractivity (Wildman–Crippen MR) is 106 cm³/mol. The van der Waals surface area contributed by atoms with Crippen molar-refractivity contribution in [1.29, 1.82) is 0 Å². The first-order valence-corrected chi connectivity index (χ1v) is 8.87. The number of rotatable bonds is 5. The number of amidine groups is 1. The molecule has 1 fully saturated rings. The number of hydrogen-bond acceptors (Lipinski definition) is 7. The maximum Gasteiger partial charge on any atom is 0.266 e. The summed E-state index contributed by atoms with van der Waals surface area (Å²) >= 11 is 1.28. The third kappa shape index (κ3) is 3.75. The molecule has 140 valence electrons. The van der Waals surface area contributed by atoms with Gasteiger partial charge in [0.15, 0.2) is 22.5 Å². The molecule has 27 heavy (non-hydrogen) atoms. The van der Waals surface area contributed by atoms with Gasteiger partial charge in [-0.3, -0.25) is 9.69 Å².